The molecule has 0 saturated carbocycles. The van der Waals surface area contributed by atoms with Gasteiger partial charge in [-0.1, -0.05) is 72.8 Å². The number of pyridine rings is 1. The molecule has 3 heterocycles. The second-order valence-electron chi connectivity index (χ2n) is 10.1. The zero-order valence-electron chi connectivity index (χ0n) is 21.6. The molecule has 0 bridgehead atoms. The Kier molecular flexibility index (Phi) is 5.78. The van der Waals surface area contributed by atoms with E-state index in [0.717, 1.165) is 70.7 Å². The summed E-state index contributed by atoms with van der Waals surface area (Å²) in [5, 5.41) is 10.1. The number of hydrogen-bond acceptors (Lipinski definition) is 4. The lowest BCUT2D eigenvalue weighted by atomic mass is 10.0. The summed E-state index contributed by atoms with van der Waals surface area (Å²) in [4.78, 5) is 7.54. The monoisotopic (exact) mass is 526 g/mol. The quantitative estimate of drug-likeness (QED) is 0.217. The SMILES string of the molecule is N#Cc1c(F)nc(N2c3ccccc3CCc3ccccc32)c(F)c1N1c2ccccc2CCc2ccccc21. The third-order valence-corrected chi connectivity index (χ3v) is 7.86. The van der Waals surface area contributed by atoms with Crippen LogP contribution >= 0.6 is 0 Å². The van der Waals surface area contributed by atoms with E-state index < -0.39 is 17.3 Å². The summed E-state index contributed by atoms with van der Waals surface area (Å²) >= 11 is 0. The number of aryl methyl sites for hydroxylation is 4. The first kappa shape index (κ1) is 24.1. The molecule has 0 N–H and O–H groups in total. The molecule has 0 radical (unpaired) electrons. The average Bonchev–Trinajstić information content (AvgIpc) is 3.26. The fourth-order valence-corrected chi connectivity index (χ4v) is 6.00. The highest BCUT2D eigenvalue weighted by atomic mass is 19.1. The third kappa shape index (κ3) is 3.74. The van der Waals surface area contributed by atoms with Gasteiger partial charge < -0.3 is 4.90 Å². The zero-order valence-corrected chi connectivity index (χ0v) is 21.6. The van der Waals surface area contributed by atoms with Gasteiger partial charge >= 0.3 is 0 Å². The summed E-state index contributed by atoms with van der Waals surface area (Å²) in [6.07, 6.45) is 2.98. The molecule has 4 aromatic carbocycles. The molecule has 2 aliphatic heterocycles. The van der Waals surface area contributed by atoms with Crippen LogP contribution < -0.4 is 9.80 Å². The molecule has 4 nitrogen and oxygen atoms in total. The minimum absolute atomic E-state index is 0.133. The Morgan fingerprint density at radius 2 is 0.950 bits per heavy atom. The molecule has 2 aliphatic rings. The molecule has 0 spiro atoms. The van der Waals surface area contributed by atoms with E-state index in [2.05, 4.69) is 4.98 Å². The zero-order chi connectivity index (χ0) is 27.2. The smallest absolute Gasteiger partial charge is 0.235 e. The van der Waals surface area contributed by atoms with Gasteiger partial charge in [0.25, 0.3) is 0 Å². The molecule has 0 amide bonds. The van der Waals surface area contributed by atoms with Crippen LogP contribution in [0, 0.1) is 23.1 Å². The molecule has 1 aromatic heterocycles. The van der Waals surface area contributed by atoms with Gasteiger partial charge in [0.1, 0.15) is 17.3 Å². The van der Waals surface area contributed by atoms with E-state index in [4.69, 9.17) is 0 Å². The second-order valence-corrected chi connectivity index (χ2v) is 10.1. The molecule has 7 rings (SSSR count). The number of nitrogens with zero attached hydrogens (tertiary/aromatic N) is 4. The molecule has 0 fully saturated rings. The lowest BCUT2D eigenvalue weighted by Crippen LogP contribution is -2.21. The van der Waals surface area contributed by atoms with Crippen LogP contribution in [-0.4, -0.2) is 4.98 Å². The lowest BCUT2D eigenvalue weighted by Gasteiger charge is -2.31. The average molecular weight is 527 g/mol. The largest absolute Gasteiger partial charge is 0.306 e. The van der Waals surface area contributed by atoms with Crippen molar-refractivity contribution in [3.63, 3.8) is 0 Å². The summed E-state index contributed by atoms with van der Waals surface area (Å²) < 4.78 is 33.2. The maximum Gasteiger partial charge on any atom is 0.235 e. The van der Waals surface area contributed by atoms with Crippen LogP contribution in [0.1, 0.15) is 27.8 Å². The highest BCUT2D eigenvalue weighted by Gasteiger charge is 2.34. The first-order valence-electron chi connectivity index (χ1n) is 13.4. The van der Waals surface area contributed by atoms with Crippen LogP contribution in [0.3, 0.4) is 0 Å². The maximum absolute atomic E-state index is 17.2. The normalized spacial score (nSPS) is 13.7. The standard InChI is InChI=1S/C34H24F2N4/c35-31-32(39-27-13-5-1-9-22(27)17-18-23-10-2-6-14-28(23)39)26(21-37)33(36)38-34(31)40-29-15-7-3-11-24(29)19-20-25-12-4-8-16-30(25)40/h1-16H,17-20H2. The van der Waals surface area contributed by atoms with Crippen molar-refractivity contribution in [2.24, 2.45) is 0 Å². The molecule has 6 heteroatoms. The molecular formula is C34H24F2N4. The van der Waals surface area contributed by atoms with Crippen molar-refractivity contribution in [3.05, 3.63) is 137 Å². The van der Waals surface area contributed by atoms with Gasteiger partial charge in [0, 0.05) is 11.4 Å². The molecule has 0 unspecified atom stereocenters. The molecule has 0 saturated heterocycles. The Balaban J connectivity index is 1.56. The van der Waals surface area contributed by atoms with Crippen molar-refractivity contribution in [1.82, 2.24) is 4.98 Å². The van der Waals surface area contributed by atoms with Gasteiger partial charge in [-0.3, -0.25) is 4.90 Å². The molecular weight excluding hydrogens is 502 g/mol. The first-order valence-corrected chi connectivity index (χ1v) is 13.4. The van der Waals surface area contributed by atoms with E-state index >= 15 is 8.78 Å². The van der Waals surface area contributed by atoms with Gasteiger partial charge in [-0.25, -0.2) is 4.39 Å². The number of fused-ring (bicyclic) bond motifs is 4. The van der Waals surface area contributed by atoms with Crippen LogP contribution in [0.2, 0.25) is 0 Å². The minimum Gasteiger partial charge on any atom is -0.306 e. The van der Waals surface area contributed by atoms with Crippen molar-refractivity contribution in [2.45, 2.75) is 25.7 Å². The maximum atomic E-state index is 17.2. The van der Waals surface area contributed by atoms with Gasteiger partial charge in [0.15, 0.2) is 11.6 Å². The molecule has 0 aliphatic carbocycles. The fourth-order valence-electron chi connectivity index (χ4n) is 6.00. The number of anilines is 6. The highest BCUT2D eigenvalue weighted by Crippen LogP contribution is 2.48. The Morgan fingerprint density at radius 1 is 0.575 bits per heavy atom. The van der Waals surface area contributed by atoms with Crippen LogP contribution in [-0.2, 0) is 25.7 Å². The van der Waals surface area contributed by atoms with Gasteiger partial charge in [-0.15, -0.1) is 0 Å². The van der Waals surface area contributed by atoms with Gasteiger partial charge in [0.2, 0.25) is 5.95 Å². The second kappa shape index (κ2) is 9.62. The highest BCUT2D eigenvalue weighted by molar-refractivity contribution is 5.88. The minimum atomic E-state index is -1.01. The van der Waals surface area contributed by atoms with E-state index in [1.807, 2.05) is 103 Å². The van der Waals surface area contributed by atoms with Crippen molar-refractivity contribution >= 4 is 34.3 Å². The lowest BCUT2D eigenvalue weighted by molar-refractivity contribution is 0.559. The Hall–Kier alpha value is -5.02. The summed E-state index contributed by atoms with van der Waals surface area (Å²) in [6, 6.07) is 32.9. The first-order chi connectivity index (χ1) is 19.7. The van der Waals surface area contributed by atoms with Crippen LogP contribution in [0.5, 0.6) is 0 Å². The third-order valence-electron chi connectivity index (χ3n) is 7.86. The van der Waals surface area contributed by atoms with E-state index in [1.54, 1.807) is 9.80 Å². The predicted octanol–water partition coefficient (Wildman–Crippen LogP) is 8.37. The Bertz CT molecular complexity index is 1730. The van der Waals surface area contributed by atoms with Gasteiger partial charge in [0.05, 0.1) is 11.4 Å². The van der Waals surface area contributed by atoms with E-state index in [-0.39, 0.29) is 11.5 Å². The Morgan fingerprint density at radius 3 is 1.35 bits per heavy atom. The predicted molar refractivity (Wildman–Crippen MR) is 153 cm³/mol. The summed E-state index contributed by atoms with van der Waals surface area (Å²) in [5.41, 5.74) is 6.37. The van der Waals surface area contributed by atoms with Crippen LogP contribution in [0.4, 0.5) is 43.0 Å². The summed E-state index contributed by atoms with van der Waals surface area (Å²) in [6.45, 7) is 0. The van der Waals surface area contributed by atoms with Crippen molar-refractivity contribution in [2.75, 3.05) is 9.80 Å². The van der Waals surface area contributed by atoms with Crippen molar-refractivity contribution < 1.29 is 8.78 Å². The molecule has 5 aromatic rings. The number of halogens is 2. The van der Waals surface area contributed by atoms with Gasteiger partial charge in [-0.05, 0) is 72.2 Å². The Labute approximate surface area is 231 Å². The number of rotatable bonds is 2. The van der Waals surface area contributed by atoms with E-state index in [1.165, 1.54) is 0 Å². The number of aromatic nitrogens is 1. The molecule has 40 heavy (non-hydrogen) atoms. The molecule has 0 atom stereocenters. The fraction of sp³-hybridized carbons (Fsp3) is 0.118. The number of benzene rings is 4. The van der Waals surface area contributed by atoms with Crippen LogP contribution in [0.25, 0.3) is 0 Å². The van der Waals surface area contributed by atoms with Gasteiger partial charge in [-0.2, -0.15) is 14.6 Å². The molecule has 194 valence electrons. The summed E-state index contributed by atoms with van der Waals surface area (Å²) in [5.74, 6) is -1.93. The topological polar surface area (TPSA) is 43.2 Å². The van der Waals surface area contributed by atoms with E-state index in [9.17, 15) is 5.26 Å². The number of hydrogen-bond donors (Lipinski definition) is 0. The number of nitriles is 1. The van der Waals surface area contributed by atoms with Crippen molar-refractivity contribution in [3.8, 4) is 6.07 Å². The summed E-state index contributed by atoms with van der Waals surface area (Å²) in [7, 11) is 0. The van der Waals surface area contributed by atoms with Crippen molar-refractivity contribution in [1.29, 1.82) is 5.26 Å². The number of para-hydroxylation sites is 4. The van der Waals surface area contributed by atoms with Crippen LogP contribution in [0.15, 0.2) is 97.1 Å². The van der Waals surface area contributed by atoms with E-state index in [0.29, 0.717) is 0 Å².